The van der Waals surface area contributed by atoms with Crippen LogP contribution in [0.25, 0.3) is 0 Å². The van der Waals surface area contributed by atoms with Crippen molar-refractivity contribution in [3.63, 3.8) is 0 Å². The lowest BCUT2D eigenvalue weighted by molar-refractivity contribution is 1.11. The Kier molecular flexibility index (Phi) is 1.53. The molecule has 1 aromatic rings. The fourth-order valence-corrected chi connectivity index (χ4v) is 1.57. The molecule has 0 saturated carbocycles. The van der Waals surface area contributed by atoms with Gasteiger partial charge in [0.2, 0.25) is 0 Å². The molecule has 0 bridgehead atoms. The molecule has 3 rings (SSSR count). The smallest absolute Gasteiger partial charge is 0.0901 e. The van der Waals surface area contributed by atoms with E-state index in [2.05, 4.69) is 20.0 Å². The lowest BCUT2D eigenvalue weighted by Gasteiger charge is -2.04. The van der Waals surface area contributed by atoms with Crippen LogP contribution < -0.4 is 10.7 Å². The van der Waals surface area contributed by atoms with E-state index in [-0.39, 0.29) is 0 Å². The average molecular weight is 184 g/mol. The molecular formula is C10H8N4. The number of hydrogen-bond donors (Lipinski definition) is 0. The molecule has 0 radical (unpaired) electrons. The molecule has 68 valence electrons. The molecule has 0 fully saturated rings. The molecule has 0 amide bonds. The number of nitrogens with zero attached hydrogens (tertiary/aromatic N) is 4. The fraction of sp³-hybridized carbons (Fsp3) is 0.200. The minimum atomic E-state index is 0.659. The van der Waals surface area contributed by atoms with Crippen molar-refractivity contribution in [3.05, 3.63) is 22.8 Å². The van der Waals surface area contributed by atoms with Crippen LogP contribution in [0.3, 0.4) is 0 Å². The molecule has 0 aromatic heterocycles. The Morgan fingerprint density at radius 1 is 0.786 bits per heavy atom. The molecule has 0 atom stereocenters. The monoisotopic (exact) mass is 184 g/mol. The summed E-state index contributed by atoms with van der Waals surface area (Å²) in [6.45, 7) is 1.32. The molecule has 1 aromatic carbocycles. The average Bonchev–Trinajstić information content (AvgIpc) is 2.26. The van der Waals surface area contributed by atoms with Gasteiger partial charge in [0, 0.05) is 12.4 Å². The Morgan fingerprint density at radius 3 is 1.79 bits per heavy atom. The van der Waals surface area contributed by atoms with Crippen LogP contribution in [0.1, 0.15) is 0 Å². The van der Waals surface area contributed by atoms with Crippen molar-refractivity contribution in [2.75, 3.05) is 13.1 Å². The Bertz CT molecular complexity index is 502. The summed E-state index contributed by atoms with van der Waals surface area (Å²) in [5.41, 5.74) is 1.80. The molecule has 0 aliphatic carbocycles. The highest BCUT2D eigenvalue weighted by atomic mass is 14.9. The first kappa shape index (κ1) is 7.55. The second-order valence-corrected chi connectivity index (χ2v) is 3.13. The molecule has 0 spiro atoms. The van der Waals surface area contributed by atoms with Gasteiger partial charge < -0.3 is 0 Å². The number of benzene rings is 1. The third-order valence-electron chi connectivity index (χ3n) is 2.22. The summed E-state index contributed by atoms with van der Waals surface area (Å²) in [6, 6.07) is 3.89. The molecule has 4 heteroatoms. The Hall–Kier alpha value is -1.84. The molecule has 0 N–H and O–H groups in total. The van der Waals surface area contributed by atoms with Gasteiger partial charge in [-0.05, 0) is 12.1 Å². The minimum absolute atomic E-state index is 0.659. The largest absolute Gasteiger partial charge is 0.277 e. The van der Waals surface area contributed by atoms with E-state index in [1.807, 2.05) is 12.1 Å². The van der Waals surface area contributed by atoms with Crippen LogP contribution in [0.15, 0.2) is 32.1 Å². The lowest BCUT2D eigenvalue weighted by Crippen LogP contribution is -2.16. The van der Waals surface area contributed by atoms with Gasteiger partial charge in [-0.15, -0.1) is 0 Å². The van der Waals surface area contributed by atoms with Gasteiger partial charge in [-0.3, -0.25) is 20.0 Å². The highest BCUT2D eigenvalue weighted by Gasteiger charge is 2.04. The van der Waals surface area contributed by atoms with E-state index < -0.39 is 0 Å². The van der Waals surface area contributed by atoms with Crippen molar-refractivity contribution >= 4 is 23.8 Å². The molecule has 2 aliphatic rings. The highest BCUT2D eigenvalue weighted by molar-refractivity contribution is 5.70. The van der Waals surface area contributed by atoms with Crippen molar-refractivity contribution < 1.29 is 0 Å². The van der Waals surface area contributed by atoms with E-state index in [0.29, 0.717) is 13.1 Å². The zero-order chi connectivity index (χ0) is 9.38. The Balaban J connectivity index is 2.38. The predicted octanol–water partition coefficient (Wildman–Crippen LogP) is 0.358. The van der Waals surface area contributed by atoms with Gasteiger partial charge in [0.05, 0.1) is 35.2 Å². The molecule has 4 nitrogen and oxygen atoms in total. The first-order valence-corrected chi connectivity index (χ1v) is 4.51. The van der Waals surface area contributed by atoms with Gasteiger partial charge in [-0.1, -0.05) is 0 Å². The fourth-order valence-electron chi connectivity index (χ4n) is 1.57. The summed E-state index contributed by atoms with van der Waals surface area (Å²) in [5.74, 6) is 0. The van der Waals surface area contributed by atoms with Crippen LogP contribution in [0, 0.1) is 0 Å². The summed E-state index contributed by atoms with van der Waals surface area (Å²) in [5, 5.41) is 1.83. The SMILES string of the molecule is C1=Nc2cc3c(cc2=NC1)N=CCN=3. The van der Waals surface area contributed by atoms with Crippen LogP contribution in [0.2, 0.25) is 0 Å². The molecule has 0 unspecified atom stereocenters. The van der Waals surface area contributed by atoms with E-state index in [1.54, 1.807) is 12.4 Å². The van der Waals surface area contributed by atoms with Gasteiger partial charge in [-0.25, -0.2) is 0 Å². The molecule has 0 saturated heterocycles. The van der Waals surface area contributed by atoms with Crippen molar-refractivity contribution in [1.82, 2.24) is 0 Å². The van der Waals surface area contributed by atoms with Gasteiger partial charge >= 0.3 is 0 Å². The topological polar surface area (TPSA) is 49.4 Å². The summed E-state index contributed by atoms with van der Waals surface area (Å²) in [7, 11) is 0. The van der Waals surface area contributed by atoms with Crippen LogP contribution in [0.5, 0.6) is 0 Å². The maximum atomic E-state index is 4.34. The standard InChI is InChI=1S/C10H8N4/c1-2-12-8-6-10-9(5-7(8)11-1)13-3-4-14-10/h1,4-6H,2-3H2. The van der Waals surface area contributed by atoms with Gasteiger partial charge in [-0.2, -0.15) is 0 Å². The maximum Gasteiger partial charge on any atom is 0.0901 e. The number of hydrogen-bond acceptors (Lipinski definition) is 4. The molecule has 14 heavy (non-hydrogen) atoms. The van der Waals surface area contributed by atoms with E-state index in [1.165, 1.54) is 0 Å². The van der Waals surface area contributed by atoms with Gasteiger partial charge in [0.25, 0.3) is 0 Å². The summed E-state index contributed by atoms with van der Waals surface area (Å²) < 4.78 is 0. The van der Waals surface area contributed by atoms with E-state index >= 15 is 0 Å². The molecular weight excluding hydrogens is 176 g/mol. The second-order valence-electron chi connectivity index (χ2n) is 3.13. The van der Waals surface area contributed by atoms with E-state index in [9.17, 15) is 0 Å². The van der Waals surface area contributed by atoms with Crippen molar-refractivity contribution in [2.45, 2.75) is 0 Å². The predicted molar refractivity (Wildman–Crippen MR) is 54.8 cm³/mol. The summed E-state index contributed by atoms with van der Waals surface area (Å²) in [4.78, 5) is 17.2. The highest BCUT2D eigenvalue weighted by Crippen LogP contribution is 2.10. The quantitative estimate of drug-likeness (QED) is 0.559. The van der Waals surface area contributed by atoms with Crippen LogP contribution in [0.4, 0.5) is 11.4 Å². The third kappa shape index (κ3) is 1.08. The number of rotatable bonds is 0. The first-order chi connectivity index (χ1) is 6.93. The van der Waals surface area contributed by atoms with Crippen molar-refractivity contribution in [1.29, 1.82) is 0 Å². The molecule has 2 heterocycles. The summed E-state index contributed by atoms with van der Waals surface area (Å²) in [6.07, 6.45) is 3.61. The number of fused-ring (bicyclic) bond motifs is 2. The normalized spacial score (nSPS) is 16.6. The molecule has 2 aliphatic heterocycles. The van der Waals surface area contributed by atoms with Gasteiger partial charge in [0.1, 0.15) is 0 Å². The minimum Gasteiger partial charge on any atom is -0.277 e. The lowest BCUT2D eigenvalue weighted by atomic mass is 10.2. The first-order valence-electron chi connectivity index (χ1n) is 4.51. The summed E-state index contributed by atoms with van der Waals surface area (Å²) >= 11 is 0. The van der Waals surface area contributed by atoms with Crippen LogP contribution in [-0.4, -0.2) is 25.5 Å². The van der Waals surface area contributed by atoms with Crippen molar-refractivity contribution in [2.24, 2.45) is 20.0 Å². The Labute approximate surface area is 80.5 Å². The zero-order valence-electron chi connectivity index (χ0n) is 7.51. The van der Waals surface area contributed by atoms with Crippen LogP contribution in [-0.2, 0) is 0 Å². The Morgan fingerprint density at radius 2 is 1.29 bits per heavy atom. The second kappa shape index (κ2) is 2.83. The number of aliphatic imine (C=N–C) groups is 2. The van der Waals surface area contributed by atoms with Crippen molar-refractivity contribution in [3.8, 4) is 0 Å². The van der Waals surface area contributed by atoms with E-state index in [4.69, 9.17) is 0 Å². The van der Waals surface area contributed by atoms with Crippen LogP contribution >= 0.6 is 0 Å². The zero-order valence-corrected chi connectivity index (χ0v) is 7.51. The van der Waals surface area contributed by atoms with E-state index in [0.717, 1.165) is 22.1 Å². The maximum absolute atomic E-state index is 4.34. The van der Waals surface area contributed by atoms with Gasteiger partial charge in [0.15, 0.2) is 0 Å². The third-order valence-corrected chi connectivity index (χ3v) is 2.22.